The van der Waals surface area contributed by atoms with Gasteiger partial charge in [0.25, 0.3) is 0 Å². The van der Waals surface area contributed by atoms with Gasteiger partial charge >= 0.3 is 11.9 Å². The first-order valence-electron chi connectivity index (χ1n) is 7.47. The van der Waals surface area contributed by atoms with Gasteiger partial charge in [0.15, 0.2) is 5.41 Å². The highest BCUT2D eigenvalue weighted by Crippen LogP contribution is 2.45. The van der Waals surface area contributed by atoms with E-state index in [1.54, 1.807) is 13.8 Å². The fourth-order valence-electron chi connectivity index (χ4n) is 3.12. The van der Waals surface area contributed by atoms with Crippen LogP contribution in [0.25, 0.3) is 0 Å². The number of rotatable bonds is 6. The van der Waals surface area contributed by atoms with E-state index in [4.69, 9.17) is 9.47 Å². The van der Waals surface area contributed by atoms with E-state index in [1.807, 2.05) is 0 Å². The van der Waals surface area contributed by atoms with Crippen molar-refractivity contribution in [3.8, 4) is 0 Å². The Bertz CT molecular complexity index is 291. The van der Waals surface area contributed by atoms with Crippen LogP contribution in [0.3, 0.4) is 0 Å². The fourth-order valence-corrected chi connectivity index (χ4v) is 3.12. The number of esters is 2. The Labute approximate surface area is 115 Å². The van der Waals surface area contributed by atoms with Crippen molar-refractivity contribution >= 4 is 11.9 Å². The topological polar surface area (TPSA) is 52.6 Å². The van der Waals surface area contributed by atoms with Crippen LogP contribution >= 0.6 is 0 Å². The molecular formula is C15H26O4. The molecular weight excluding hydrogens is 244 g/mol. The van der Waals surface area contributed by atoms with Gasteiger partial charge in [-0.15, -0.1) is 0 Å². The van der Waals surface area contributed by atoms with Gasteiger partial charge in [-0.2, -0.15) is 0 Å². The summed E-state index contributed by atoms with van der Waals surface area (Å²) in [7, 11) is 0. The molecule has 0 aliphatic heterocycles. The minimum absolute atomic E-state index is 0.0596. The zero-order valence-corrected chi connectivity index (χ0v) is 12.4. The molecule has 4 nitrogen and oxygen atoms in total. The lowest BCUT2D eigenvalue weighted by molar-refractivity contribution is -0.180. The molecule has 110 valence electrons. The smallest absolute Gasteiger partial charge is 0.323 e. The van der Waals surface area contributed by atoms with Crippen molar-refractivity contribution in [2.45, 2.75) is 59.3 Å². The lowest BCUT2D eigenvalue weighted by Crippen LogP contribution is -2.49. The van der Waals surface area contributed by atoms with Gasteiger partial charge in [0.1, 0.15) is 0 Å². The van der Waals surface area contributed by atoms with Gasteiger partial charge in [-0.25, -0.2) is 0 Å². The van der Waals surface area contributed by atoms with Crippen LogP contribution in [0.15, 0.2) is 0 Å². The molecule has 0 aromatic carbocycles. The van der Waals surface area contributed by atoms with E-state index < -0.39 is 5.41 Å². The summed E-state index contributed by atoms with van der Waals surface area (Å²) >= 11 is 0. The van der Waals surface area contributed by atoms with Gasteiger partial charge < -0.3 is 9.47 Å². The van der Waals surface area contributed by atoms with Crippen molar-refractivity contribution in [2.75, 3.05) is 13.2 Å². The highest BCUT2D eigenvalue weighted by atomic mass is 16.6. The highest BCUT2D eigenvalue weighted by Gasteiger charge is 2.55. The molecule has 1 fully saturated rings. The van der Waals surface area contributed by atoms with Gasteiger partial charge in [-0.3, -0.25) is 9.59 Å². The van der Waals surface area contributed by atoms with E-state index in [-0.39, 0.29) is 17.9 Å². The van der Waals surface area contributed by atoms with E-state index in [0.717, 1.165) is 32.1 Å². The third-order valence-electron chi connectivity index (χ3n) is 3.99. The average Bonchev–Trinajstić information content (AvgIpc) is 2.40. The quantitative estimate of drug-likeness (QED) is 0.550. The van der Waals surface area contributed by atoms with Gasteiger partial charge in [-0.1, -0.05) is 26.2 Å². The Kier molecular flexibility index (Phi) is 6.32. The predicted molar refractivity (Wildman–Crippen MR) is 72.6 cm³/mol. The van der Waals surface area contributed by atoms with Crippen molar-refractivity contribution < 1.29 is 19.1 Å². The Balaban J connectivity index is 3.06. The van der Waals surface area contributed by atoms with Gasteiger partial charge in [-0.05, 0) is 39.0 Å². The maximum absolute atomic E-state index is 12.4. The summed E-state index contributed by atoms with van der Waals surface area (Å²) in [6.45, 7) is 6.23. The fraction of sp³-hybridized carbons (Fsp3) is 0.867. The molecule has 1 atom stereocenters. The van der Waals surface area contributed by atoms with Crippen LogP contribution in [-0.2, 0) is 19.1 Å². The monoisotopic (exact) mass is 270 g/mol. The predicted octanol–water partition coefficient (Wildman–Crippen LogP) is 3.09. The number of ether oxygens (including phenoxy) is 2. The van der Waals surface area contributed by atoms with Crippen LogP contribution in [0.5, 0.6) is 0 Å². The molecule has 0 heterocycles. The Hall–Kier alpha value is -1.06. The number of carbonyl (C=O) groups excluding carboxylic acids is 2. The van der Waals surface area contributed by atoms with Gasteiger partial charge in [0.2, 0.25) is 0 Å². The lowest BCUT2D eigenvalue weighted by atomic mass is 9.64. The molecule has 19 heavy (non-hydrogen) atoms. The first-order valence-corrected chi connectivity index (χ1v) is 7.47. The third kappa shape index (κ3) is 3.28. The molecule has 0 spiro atoms. The normalized spacial score (nSPS) is 21.7. The highest BCUT2D eigenvalue weighted by molar-refractivity contribution is 6.00. The molecule has 0 N–H and O–H groups in total. The van der Waals surface area contributed by atoms with Crippen LogP contribution in [-0.4, -0.2) is 25.2 Å². The molecule has 1 rings (SSSR count). The van der Waals surface area contributed by atoms with E-state index in [2.05, 4.69) is 6.92 Å². The van der Waals surface area contributed by atoms with Crippen molar-refractivity contribution in [1.29, 1.82) is 0 Å². The third-order valence-corrected chi connectivity index (χ3v) is 3.99. The van der Waals surface area contributed by atoms with Gasteiger partial charge in [0, 0.05) is 0 Å². The van der Waals surface area contributed by atoms with Crippen LogP contribution in [0, 0.1) is 11.3 Å². The SMILES string of the molecule is CCC[C@@H]1CCCCC1(C(=O)OCC)C(=O)OCC. The Morgan fingerprint density at radius 2 is 1.63 bits per heavy atom. The number of hydrogen-bond donors (Lipinski definition) is 0. The summed E-state index contributed by atoms with van der Waals surface area (Å²) in [5, 5.41) is 0. The molecule has 4 heteroatoms. The maximum Gasteiger partial charge on any atom is 0.323 e. The van der Waals surface area contributed by atoms with Crippen LogP contribution < -0.4 is 0 Å². The summed E-state index contributed by atoms with van der Waals surface area (Å²) in [6, 6.07) is 0. The summed E-state index contributed by atoms with van der Waals surface area (Å²) in [5.41, 5.74) is -1.06. The van der Waals surface area contributed by atoms with Crippen molar-refractivity contribution in [3.05, 3.63) is 0 Å². The largest absolute Gasteiger partial charge is 0.465 e. The van der Waals surface area contributed by atoms with Gasteiger partial charge in [0.05, 0.1) is 13.2 Å². The molecule has 0 aromatic heterocycles. The Morgan fingerprint density at radius 3 is 2.11 bits per heavy atom. The van der Waals surface area contributed by atoms with E-state index in [9.17, 15) is 9.59 Å². The zero-order chi connectivity index (χ0) is 14.3. The molecule has 0 radical (unpaired) electrons. The number of hydrogen-bond acceptors (Lipinski definition) is 4. The Morgan fingerprint density at radius 1 is 1.05 bits per heavy atom. The average molecular weight is 270 g/mol. The second kappa shape index (κ2) is 7.51. The molecule has 1 aliphatic carbocycles. The van der Waals surface area contributed by atoms with E-state index in [0.29, 0.717) is 19.6 Å². The molecule has 0 saturated heterocycles. The summed E-state index contributed by atoms with van der Waals surface area (Å²) in [5.74, 6) is -0.706. The minimum Gasteiger partial charge on any atom is -0.465 e. The molecule has 1 saturated carbocycles. The van der Waals surface area contributed by atoms with E-state index >= 15 is 0 Å². The van der Waals surface area contributed by atoms with E-state index in [1.165, 1.54) is 0 Å². The van der Waals surface area contributed by atoms with Crippen LogP contribution in [0.1, 0.15) is 59.3 Å². The first-order chi connectivity index (χ1) is 9.13. The molecule has 0 amide bonds. The van der Waals surface area contributed by atoms with Crippen LogP contribution in [0.2, 0.25) is 0 Å². The van der Waals surface area contributed by atoms with Crippen molar-refractivity contribution in [3.63, 3.8) is 0 Å². The lowest BCUT2D eigenvalue weighted by Gasteiger charge is -2.39. The first kappa shape index (κ1) is 16.0. The van der Waals surface area contributed by atoms with Crippen molar-refractivity contribution in [1.82, 2.24) is 0 Å². The second-order valence-electron chi connectivity index (χ2n) is 5.14. The maximum atomic E-state index is 12.4. The standard InChI is InChI=1S/C15H26O4/c1-4-9-12-10-7-8-11-15(12,13(16)18-5-2)14(17)19-6-3/h12H,4-11H2,1-3H3/t12-/m1/s1. The second-order valence-corrected chi connectivity index (χ2v) is 5.14. The number of carbonyl (C=O) groups is 2. The molecule has 1 aliphatic rings. The minimum atomic E-state index is -1.06. The summed E-state index contributed by atoms with van der Waals surface area (Å²) in [6.07, 6.45) is 5.27. The van der Waals surface area contributed by atoms with Crippen LogP contribution in [0.4, 0.5) is 0 Å². The van der Waals surface area contributed by atoms with Crippen molar-refractivity contribution in [2.24, 2.45) is 11.3 Å². The zero-order valence-electron chi connectivity index (χ0n) is 12.4. The molecule has 0 aromatic rings. The molecule has 0 unspecified atom stereocenters. The molecule has 0 bridgehead atoms. The summed E-state index contributed by atoms with van der Waals surface area (Å²) < 4.78 is 10.4. The summed E-state index contributed by atoms with van der Waals surface area (Å²) in [4.78, 5) is 24.8.